The van der Waals surface area contributed by atoms with E-state index in [9.17, 15) is 18.0 Å². The third kappa shape index (κ3) is 4.17. The molecule has 0 saturated heterocycles. The number of urea groups is 1. The highest BCUT2D eigenvalue weighted by Crippen LogP contribution is 2.39. The molecule has 0 saturated carbocycles. The summed E-state index contributed by atoms with van der Waals surface area (Å²) in [6.45, 7) is 1.61. The number of carbonyl (C=O) groups is 1. The number of methoxy groups -OCH3 is 1. The molecule has 1 atom stereocenters. The third-order valence-electron chi connectivity index (χ3n) is 5.83. The number of hydrogen-bond acceptors (Lipinski definition) is 5. The van der Waals surface area contributed by atoms with Gasteiger partial charge in [-0.05, 0) is 61.0 Å². The van der Waals surface area contributed by atoms with Crippen molar-refractivity contribution in [2.45, 2.75) is 13.0 Å². The van der Waals surface area contributed by atoms with Crippen molar-refractivity contribution in [3.8, 4) is 17.1 Å². The van der Waals surface area contributed by atoms with Crippen molar-refractivity contribution >= 4 is 17.3 Å². The number of ether oxygens (including phenoxy) is 1. The molecule has 7 nitrogen and oxygen atoms in total. The number of halogens is 3. The molecule has 0 radical (unpaired) electrons. The highest BCUT2D eigenvalue weighted by atomic mass is 19.2. The minimum Gasteiger partial charge on any atom is -0.497 e. The number of hydrogen-bond donors (Lipinski definition) is 1. The van der Waals surface area contributed by atoms with Crippen molar-refractivity contribution in [2.24, 2.45) is 0 Å². The predicted molar refractivity (Wildman–Crippen MR) is 125 cm³/mol. The largest absolute Gasteiger partial charge is 0.497 e. The van der Waals surface area contributed by atoms with Gasteiger partial charge in [-0.3, -0.25) is 4.90 Å². The number of benzene rings is 3. The van der Waals surface area contributed by atoms with Crippen molar-refractivity contribution in [3.05, 3.63) is 101 Å². The highest BCUT2D eigenvalue weighted by Gasteiger charge is 2.37. The Morgan fingerprint density at radius 2 is 1.78 bits per heavy atom. The van der Waals surface area contributed by atoms with Gasteiger partial charge in [0.1, 0.15) is 11.6 Å². The summed E-state index contributed by atoms with van der Waals surface area (Å²) in [7, 11) is 1.55. The second kappa shape index (κ2) is 9.21. The van der Waals surface area contributed by atoms with Crippen LogP contribution < -0.4 is 15.0 Å². The van der Waals surface area contributed by atoms with E-state index in [4.69, 9.17) is 9.26 Å². The Morgan fingerprint density at radius 3 is 2.47 bits per heavy atom. The summed E-state index contributed by atoms with van der Waals surface area (Å²) in [5, 5.41) is 6.85. The molecule has 1 aliphatic heterocycles. The maximum atomic E-state index is 14.1. The lowest BCUT2D eigenvalue weighted by Crippen LogP contribution is -2.46. The van der Waals surface area contributed by atoms with Gasteiger partial charge in [-0.2, -0.15) is 4.98 Å². The predicted octanol–water partition coefficient (Wildman–Crippen LogP) is 5.86. The van der Waals surface area contributed by atoms with Crippen LogP contribution in [0.2, 0.25) is 0 Å². The zero-order chi connectivity index (χ0) is 25.4. The molecular weight excluding hydrogens is 473 g/mol. The molecule has 3 aromatic carbocycles. The fraction of sp³-hybridized carbons (Fsp3) is 0.115. The van der Waals surface area contributed by atoms with Crippen molar-refractivity contribution in [1.29, 1.82) is 0 Å². The Morgan fingerprint density at radius 1 is 1.00 bits per heavy atom. The summed E-state index contributed by atoms with van der Waals surface area (Å²) >= 11 is 0. The SMILES string of the molecule is COc1ccc(-c2noc(C3=C(C)N(c4ccc(F)c(F)c4)C(=O)NC3c3cccc(F)c3)n2)cc1. The van der Waals surface area contributed by atoms with Crippen LogP contribution in [0.1, 0.15) is 24.4 Å². The Balaban J connectivity index is 1.64. The number of rotatable bonds is 5. The molecule has 1 unspecified atom stereocenters. The third-order valence-corrected chi connectivity index (χ3v) is 5.83. The first-order valence-electron chi connectivity index (χ1n) is 10.9. The molecule has 0 aliphatic carbocycles. The molecule has 4 aromatic rings. The van der Waals surface area contributed by atoms with E-state index in [2.05, 4.69) is 15.5 Å². The normalized spacial score (nSPS) is 15.8. The van der Waals surface area contributed by atoms with Crippen LogP contribution in [-0.4, -0.2) is 23.3 Å². The van der Waals surface area contributed by atoms with Crippen LogP contribution >= 0.6 is 0 Å². The van der Waals surface area contributed by atoms with Crippen molar-refractivity contribution < 1.29 is 27.2 Å². The number of carbonyl (C=O) groups excluding carboxylic acids is 1. The summed E-state index contributed by atoms with van der Waals surface area (Å²) in [5.41, 5.74) is 1.88. The summed E-state index contributed by atoms with van der Waals surface area (Å²) in [6.07, 6.45) is 0. The number of allylic oxidation sites excluding steroid dienone is 1. The van der Waals surface area contributed by atoms with Crippen LogP contribution in [0.3, 0.4) is 0 Å². The van der Waals surface area contributed by atoms with Gasteiger partial charge < -0.3 is 14.6 Å². The van der Waals surface area contributed by atoms with Gasteiger partial charge >= 0.3 is 6.03 Å². The molecule has 2 amide bonds. The smallest absolute Gasteiger partial charge is 0.327 e. The van der Waals surface area contributed by atoms with Gasteiger partial charge in [0.25, 0.3) is 5.89 Å². The molecule has 0 bridgehead atoms. The Kier molecular flexibility index (Phi) is 5.93. The molecule has 5 rings (SSSR count). The zero-order valence-electron chi connectivity index (χ0n) is 19.1. The van der Waals surface area contributed by atoms with Gasteiger partial charge in [-0.15, -0.1) is 0 Å². The summed E-state index contributed by atoms with van der Waals surface area (Å²) in [4.78, 5) is 18.8. The second-order valence-electron chi connectivity index (χ2n) is 8.02. The van der Waals surface area contributed by atoms with Crippen LogP contribution in [0.25, 0.3) is 17.0 Å². The summed E-state index contributed by atoms with van der Waals surface area (Å²) in [5.74, 6) is -1.64. The van der Waals surface area contributed by atoms with Crippen molar-refractivity contribution in [1.82, 2.24) is 15.5 Å². The van der Waals surface area contributed by atoms with E-state index in [0.717, 1.165) is 12.1 Å². The van der Waals surface area contributed by atoms with Crippen molar-refractivity contribution in [3.63, 3.8) is 0 Å². The summed E-state index contributed by atoms with van der Waals surface area (Å²) < 4.78 is 52.4. The lowest BCUT2D eigenvalue weighted by Gasteiger charge is -2.35. The van der Waals surface area contributed by atoms with E-state index in [1.165, 1.54) is 29.2 Å². The minimum atomic E-state index is -1.11. The molecule has 182 valence electrons. The zero-order valence-corrected chi connectivity index (χ0v) is 19.1. The van der Waals surface area contributed by atoms with E-state index >= 15 is 0 Å². The van der Waals surface area contributed by atoms with Crippen LogP contribution in [0, 0.1) is 17.5 Å². The van der Waals surface area contributed by atoms with E-state index in [1.54, 1.807) is 44.4 Å². The first-order chi connectivity index (χ1) is 17.4. The van der Waals surface area contributed by atoms with E-state index < -0.39 is 29.5 Å². The molecule has 2 heterocycles. The maximum Gasteiger partial charge on any atom is 0.327 e. The fourth-order valence-corrected chi connectivity index (χ4v) is 4.08. The standard InChI is InChI=1S/C26H19F3N4O3/c1-14-22(25-31-24(32-36-25)15-6-9-19(35-2)10-7-15)23(16-4-3-5-17(27)12-16)30-26(34)33(14)18-8-11-20(28)21(29)13-18/h3-13,23H,1-2H3,(H,30,34). The minimum absolute atomic E-state index is 0.0696. The first kappa shape index (κ1) is 23.2. The van der Waals surface area contributed by atoms with Crippen LogP contribution in [0.15, 0.2) is 77.0 Å². The molecule has 10 heteroatoms. The first-order valence-corrected chi connectivity index (χ1v) is 10.9. The van der Waals surface area contributed by atoms with Crippen LogP contribution in [0.5, 0.6) is 5.75 Å². The molecule has 0 spiro atoms. The van der Waals surface area contributed by atoms with Gasteiger partial charge in [-0.1, -0.05) is 17.3 Å². The maximum absolute atomic E-state index is 14.1. The Hall–Kier alpha value is -4.60. The van der Waals surface area contributed by atoms with Gasteiger partial charge in [0.2, 0.25) is 5.82 Å². The number of aromatic nitrogens is 2. The highest BCUT2D eigenvalue weighted by molar-refractivity contribution is 6.01. The van der Waals surface area contributed by atoms with Gasteiger partial charge in [0, 0.05) is 17.3 Å². The van der Waals surface area contributed by atoms with E-state index in [-0.39, 0.29) is 17.4 Å². The summed E-state index contributed by atoms with van der Waals surface area (Å²) in [6, 6.07) is 14.4. The van der Waals surface area contributed by atoms with Crippen molar-refractivity contribution in [2.75, 3.05) is 12.0 Å². The van der Waals surface area contributed by atoms with E-state index in [1.807, 2.05) is 0 Å². The molecule has 1 aliphatic rings. The molecule has 36 heavy (non-hydrogen) atoms. The van der Waals surface area contributed by atoms with Crippen LogP contribution in [-0.2, 0) is 0 Å². The molecular formula is C26H19F3N4O3. The number of amides is 2. The average Bonchev–Trinajstić information content (AvgIpc) is 3.35. The topological polar surface area (TPSA) is 80.5 Å². The van der Waals surface area contributed by atoms with Gasteiger partial charge in [0.05, 0.1) is 24.4 Å². The fourth-order valence-electron chi connectivity index (χ4n) is 4.08. The number of anilines is 1. The quantitative estimate of drug-likeness (QED) is 0.377. The second-order valence-corrected chi connectivity index (χ2v) is 8.02. The van der Waals surface area contributed by atoms with Crippen LogP contribution in [0.4, 0.5) is 23.7 Å². The van der Waals surface area contributed by atoms with Gasteiger partial charge in [0.15, 0.2) is 11.6 Å². The lowest BCUT2D eigenvalue weighted by atomic mass is 9.94. The average molecular weight is 492 g/mol. The number of nitrogens with one attached hydrogen (secondary N) is 1. The molecule has 1 aromatic heterocycles. The molecule has 0 fully saturated rings. The van der Waals surface area contributed by atoms with E-state index in [0.29, 0.717) is 28.1 Å². The Labute approximate surface area is 203 Å². The number of nitrogens with zero attached hydrogens (tertiary/aromatic N) is 3. The van der Waals surface area contributed by atoms with Gasteiger partial charge in [-0.25, -0.2) is 18.0 Å². The molecule has 1 N–H and O–H groups in total. The monoisotopic (exact) mass is 492 g/mol. The lowest BCUT2D eigenvalue weighted by molar-refractivity contribution is 0.244. The Bertz CT molecular complexity index is 1480.